The van der Waals surface area contributed by atoms with Gasteiger partial charge in [-0.2, -0.15) is 5.26 Å². The van der Waals surface area contributed by atoms with Crippen LogP contribution in [-0.2, 0) is 19.6 Å². The van der Waals surface area contributed by atoms with Crippen LogP contribution in [0.2, 0.25) is 5.02 Å². The largest absolute Gasteiger partial charge is 0.493 e. The molecule has 2 fully saturated rings. The number of aromatic nitrogens is 1. The Morgan fingerprint density at radius 2 is 1.74 bits per heavy atom. The number of piperidine rings is 1. The lowest BCUT2D eigenvalue weighted by molar-refractivity contribution is 0.0800. The number of likely N-dealkylation sites (tertiary alicyclic amines) is 1. The number of nitrogens with zero attached hydrogens (tertiary/aromatic N) is 3. The average Bonchev–Trinajstić information content (AvgIpc) is 3.60. The van der Waals surface area contributed by atoms with Gasteiger partial charge in [0, 0.05) is 61.8 Å². The number of fused-ring (bicyclic) bond motifs is 1. The minimum atomic E-state index is -0.376. The first-order valence-corrected chi connectivity index (χ1v) is 19.9. The molecule has 0 amide bonds. The molecule has 10 heteroatoms. The summed E-state index contributed by atoms with van der Waals surface area (Å²) in [6, 6.07) is 20.5. The first kappa shape index (κ1) is 38.1. The van der Waals surface area contributed by atoms with E-state index >= 15 is 0 Å². The van der Waals surface area contributed by atoms with Crippen molar-refractivity contribution in [2.45, 2.75) is 102 Å². The molecule has 4 aromatic rings. The summed E-state index contributed by atoms with van der Waals surface area (Å²) in [5.74, 6) is 2.09. The maximum atomic E-state index is 10.6. The minimum Gasteiger partial charge on any atom is -0.493 e. The van der Waals surface area contributed by atoms with E-state index in [4.69, 9.17) is 25.8 Å². The lowest BCUT2D eigenvalue weighted by Gasteiger charge is -2.29. The predicted molar refractivity (Wildman–Crippen MR) is 210 cm³/mol. The molecule has 284 valence electrons. The number of hydrogen-bond donors (Lipinski definition) is 3. The van der Waals surface area contributed by atoms with Gasteiger partial charge in [0.15, 0.2) is 0 Å². The Morgan fingerprint density at radius 1 is 0.926 bits per heavy atom. The van der Waals surface area contributed by atoms with Gasteiger partial charge in [-0.25, -0.2) is 0 Å². The minimum absolute atomic E-state index is 0.0129. The number of aliphatic hydroxyl groups excluding tert-OH is 2. The van der Waals surface area contributed by atoms with E-state index in [1.54, 1.807) is 12.3 Å². The number of nitriles is 1. The molecule has 1 saturated carbocycles. The molecule has 2 aliphatic carbocycles. The van der Waals surface area contributed by atoms with Crippen LogP contribution in [-0.4, -0.2) is 64.6 Å². The molecule has 54 heavy (non-hydrogen) atoms. The summed E-state index contributed by atoms with van der Waals surface area (Å²) in [6.45, 7) is 6.38. The van der Waals surface area contributed by atoms with Crippen LogP contribution in [0, 0.1) is 18.3 Å². The Kier molecular flexibility index (Phi) is 12.7. The third-order valence-corrected chi connectivity index (χ3v) is 11.5. The lowest BCUT2D eigenvalue weighted by atomic mass is 9.92. The van der Waals surface area contributed by atoms with Crippen LogP contribution in [0.25, 0.3) is 11.1 Å². The third kappa shape index (κ3) is 9.19. The number of pyridine rings is 1. The molecule has 1 aromatic heterocycles. The number of hydrogen-bond acceptors (Lipinski definition) is 9. The number of rotatable bonds is 14. The van der Waals surface area contributed by atoms with Crippen LogP contribution in [0.3, 0.4) is 0 Å². The highest BCUT2D eigenvalue weighted by Crippen LogP contribution is 2.44. The fourth-order valence-electron chi connectivity index (χ4n) is 8.14. The first-order valence-electron chi connectivity index (χ1n) is 19.5. The normalized spacial score (nSPS) is 20.3. The van der Waals surface area contributed by atoms with E-state index in [1.807, 2.05) is 12.1 Å². The van der Waals surface area contributed by atoms with E-state index in [-0.39, 0.29) is 31.0 Å². The van der Waals surface area contributed by atoms with Crippen LogP contribution in [0.4, 0.5) is 0 Å². The summed E-state index contributed by atoms with van der Waals surface area (Å²) in [6.07, 6.45) is 10.7. The number of nitrogens with one attached hydrogen (secondary N) is 1. The molecule has 0 radical (unpaired) electrons. The summed E-state index contributed by atoms with van der Waals surface area (Å²) in [4.78, 5) is 6.60. The van der Waals surface area contributed by atoms with Crippen molar-refractivity contribution in [3.63, 3.8) is 0 Å². The van der Waals surface area contributed by atoms with Gasteiger partial charge >= 0.3 is 0 Å². The highest BCUT2D eigenvalue weighted by Gasteiger charge is 2.29. The van der Waals surface area contributed by atoms with E-state index in [1.165, 1.54) is 22.9 Å². The summed E-state index contributed by atoms with van der Waals surface area (Å²) in [5, 5.41) is 33.8. The van der Waals surface area contributed by atoms with E-state index < -0.39 is 0 Å². The smallest absolute Gasteiger partial charge is 0.142 e. The van der Waals surface area contributed by atoms with Crippen LogP contribution in [0.5, 0.6) is 17.2 Å². The number of aliphatic hydroxyl groups is 2. The molecule has 1 saturated heterocycles. The highest BCUT2D eigenvalue weighted by atomic mass is 35.5. The van der Waals surface area contributed by atoms with Crippen LogP contribution in [0.15, 0.2) is 67.0 Å². The number of halogens is 1. The Balaban J connectivity index is 1.07. The van der Waals surface area contributed by atoms with Crippen molar-refractivity contribution in [1.82, 2.24) is 15.2 Å². The molecule has 3 N–H and O–H groups in total. The zero-order chi connectivity index (χ0) is 37.4. The van der Waals surface area contributed by atoms with Gasteiger partial charge in [-0.3, -0.25) is 4.98 Å². The third-order valence-electron chi connectivity index (χ3n) is 11.2. The molecule has 0 bridgehead atoms. The van der Waals surface area contributed by atoms with Gasteiger partial charge in [-0.1, -0.05) is 54.8 Å². The molecule has 3 aliphatic rings. The van der Waals surface area contributed by atoms with Crippen molar-refractivity contribution < 1.29 is 24.4 Å². The molecule has 2 heterocycles. The second-order valence-electron chi connectivity index (χ2n) is 14.9. The Bertz CT molecular complexity index is 1940. The molecule has 0 unspecified atom stereocenters. The average molecular weight is 751 g/mol. The fraction of sp³-hybridized carbons (Fsp3) is 0.455. The Labute approximate surface area is 323 Å². The van der Waals surface area contributed by atoms with Crippen molar-refractivity contribution >= 4 is 11.6 Å². The van der Waals surface area contributed by atoms with Crippen molar-refractivity contribution in [3.05, 3.63) is 105 Å². The molecular weight excluding hydrogens is 700 g/mol. The van der Waals surface area contributed by atoms with Crippen molar-refractivity contribution in [3.8, 4) is 34.4 Å². The van der Waals surface area contributed by atoms with Gasteiger partial charge in [-0.05, 0) is 97.9 Å². The van der Waals surface area contributed by atoms with Gasteiger partial charge in [0.05, 0.1) is 29.4 Å². The summed E-state index contributed by atoms with van der Waals surface area (Å²) in [5.41, 5.74) is 8.05. The molecule has 0 spiro atoms. The molecular formula is C44H51ClN4O5. The summed E-state index contributed by atoms with van der Waals surface area (Å²) >= 11 is 6.95. The van der Waals surface area contributed by atoms with Crippen LogP contribution < -0.4 is 19.5 Å². The molecule has 7 rings (SSSR count). The standard InChI is InChI=1S/C44H51ClN4O5/c1-29-34(7-5-12-41(29)52-20-6-17-49-18-15-33(50)16-19-49)35-8-4-9-37-36(35)13-14-42(37)54-44-23-43(53-28-31-21-30(24-46)25-47-26-31)32(22-38(44)45)27-48-39-10-2-3-11-40(39)51/h4-5,7-9,12,21-23,25-26,33,39-40,42,48,50-51H,2-3,6,10-11,13-20,27-28H2,1H3/t39-,40-,42+/m1/s1. The molecule has 3 atom stereocenters. The van der Waals surface area contributed by atoms with E-state index in [9.17, 15) is 15.5 Å². The summed E-state index contributed by atoms with van der Waals surface area (Å²) < 4.78 is 19.4. The monoisotopic (exact) mass is 750 g/mol. The SMILES string of the molecule is Cc1c(OCCCN2CCC(O)CC2)cccc1-c1cccc2c1CC[C@@H]2Oc1cc(OCc2cncc(C#N)c2)c(CN[C@@H]2CCCC[C@H]2O)cc1Cl. The van der Waals surface area contributed by atoms with Crippen molar-refractivity contribution in [2.75, 3.05) is 26.2 Å². The second kappa shape index (κ2) is 18.0. The zero-order valence-corrected chi connectivity index (χ0v) is 31.9. The second-order valence-corrected chi connectivity index (χ2v) is 15.3. The van der Waals surface area contributed by atoms with Gasteiger partial charge in [0.1, 0.15) is 36.0 Å². The quantitative estimate of drug-likeness (QED) is 0.111. The zero-order valence-electron chi connectivity index (χ0n) is 31.1. The first-order chi connectivity index (χ1) is 26.4. The Morgan fingerprint density at radius 3 is 2.57 bits per heavy atom. The fourth-order valence-corrected chi connectivity index (χ4v) is 8.37. The maximum absolute atomic E-state index is 10.6. The molecule has 9 nitrogen and oxygen atoms in total. The van der Waals surface area contributed by atoms with E-state index in [0.29, 0.717) is 35.2 Å². The van der Waals surface area contributed by atoms with Gasteiger partial charge in [-0.15, -0.1) is 0 Å². The number of benzene rings is 3. The van der Waals surface area contributed by atoms with Gasteiger partial charge in [0.25, 0.3) is 0 Å². The van der Waals surface area contributed by atoms with Crippen molar-refractivity contribution in [1.29, 1.82) is 5.26 Å². The van der Waals surface area contributed by atoms with Gasteiger partial charge < -0.3 is 34.6 Å². The lowest BCUT2D eigenvalue weighted by Crippen LogP contribution is -2.41. The highest BCUT2D eigenvalue weighted by molar-refractivity contribution is 6.32. The molecule has 3 aromatic carbocycles. The van der Waals surface area contributed by atoms with Crippen LogP contribution in [0.1, 0.15) is 90.9 Å². The van der Waals surface area contributed by atoms with E-state index in [0.717, 1.165) is 105 Å². The topological polar surface area (TPSA) is 120 Å². The predicted octanol–water partition coefficient (Wildman–Crippen LogP) is 7.85. The summed E-state index contributed by atoms with van der Waals surface area (Å²) in [7, 11) is 0. The number of ether oxygens (including phenoxy) is 3. The maximum Gasteiger partial charge on any atom is 0.142 e. The van der Waals surface area contributed by atoms with Gasteiger partial charge in [0.2, 0.25) is 0 Å². The van der Waals surface area contributed by atoms with Crippen molar-refractivity contribution in [2.24, 2.45) is 0 Å². The van der Waals surface area contributed by atoms with E-state index in [2.05, 4.69) is 64.6 Å². The molecule has 1 aliphatic heterocycles. The van der Waals surface area contributed by atoms with Crippen LogP contribution >= 0.6 is 11.6 Å². The Hall–Kier alpha value is -4.17.